The highest BCUT2D eigenvalue weighted by molar-refractivity contribution is 7.13. The van der Waals surface area contributed by atoms with Crippen LogP contribution >= 0.6 is 11.5 Å². The first-order valence-corrected chi connectivity index (χ1v) is 9.37. The van der Waals surface area contributed by atoms with Crippen molar-refractivity contribution in [2.45, 2.75) is 6.54 Å². The molecule has 0 bridgehead atoms. The molecule has 29 heavy (non-hydrogen) atoms. The summed E-state index contributed by atoms with van der Waals surface area (Å²) in [6.45, 7) is -0.183. The summed E-state index contributed by atoms with van der Waals surface area (Å²) in [6.07, 6.45) is 1.32. The van der Waals surface area contributed by atoms with Crippen LogP contribution in [0.4, 0.5) is 10.1 Å². The van der Waals surface area contributed by atoms with Gasteiger partial charge in [-0.25, -0.2) is 9.37 Å². The van der Waals surface area contributed by atoms with Gasteiger partial charge in [0.2, 0.25) is 5.91 Å². The number of fused-ring (bicyclic) bond motifs is 1. The summed E-state index contributed by atoms with van der Waals surface area (Å²) in [5, 5.41) is 2.72. The molecule has 4 aromatic rings. The second-order valence-electron chi connectivity index (χ2n) is 6.17. The minimum absolute atomic E-state index is 0.183. The van der Waals surface area contributed by atoms with E-state index in [-0.39, 0.29) is 23.8 Å². The van der Waals surface area contributed by atoms with Gasteiger partial charge in [0.25, 0.3) is 5.56 Å². The minimum Gasteiger partial charge on any atom is -0.497 e. The molecule has 7 nitrogen and oxygen atoms in total. The highest BCUT2D eigenvalue weighted by atomic mass is 32.1. The van der Waals surface area contributed by atoms with Crippen molar-refractivity contribution in [1.82, 2.24) is 13.9 Å². The van der Waals surface area contributed by atoms with E-state index in [1.807, 2.05) is 0 Å². The molecule has 0 atom stereocenters. The van der Waals surface area contributed by atoms with E-state index in [1.165, 1.54) is 23.0 Å². The second kappa shape index (κ2) is 7.80. The van der Waals surface area contributed by atoms with E-state index in [4.69, 9.17) is 4.74 Å². The zero-order valence-electron chi connectivity index (χ0n) is 15.3. The number of anilines is 1. The molecule has 0 saturated heterocycles. The number of aromatic nitrogens is 3. The van der Waals surface area contributed by atoms with E-state index in [9.17, 15) is 14.0 Å². The number of ether oxygens (including phenoxy) is 1. The van der Waals surface area contributed by atoms with Crippen molar-refractivity contribution >= 4 is 33.3 Å². The van der Waals surface area contributed by atoms with E-state index in [1.54, 1.807) is 43.5 Å². The predicted octanol–water partition coefficient (Wildman–Crippen LogP) is 3.31. The summed E-state index contributed by atoms with van der Waals surface area (Å²) in [4.78, 5) is 29.3. The van der Waals surface area contributed by atoms with Gasteiger partial charge in [0.15, 0.2) is 0 Å². The number of nitrogens with zero attached hydrogens (tertiary/aromatic N) is 3. The number of amides is 1. The van der Waals surface area contributed by atoms with Crippen molar-refractivity contribution in [3.05, 3.63) is 71.0 Å². The monoisotopic (exact) mass is 410 g/mol. The van der Waals surface area contributed by atoms with Gasteiger partial charge in [0, 0.05) is 11.3 Å². The van der Waals surface area contributed by atoms with Crippen LogP contribution in [0.25, 0.3) is 21.5 Å². The summed E-state index contributed by atoms with van der Waals surface area (Å²) in [5.41, 5.74) is 1.84. The van der Waals surface area contributed by atoms with Crippen LogP contribution in [0.15, 0.2) is 59.7 Å². The lowest BCUT2D eigenvalue weighted by Gasteiger charge is -2.08. The van der Waals surface area contributed by atoms with Gasteiger partial charge in [-0.2, -0.15) is 4.37 Å². The molecule has 0 aliphatic rings. The van der Waals surface area contributed by atoms with Gasteiger partial charge in [0.1, 0.15) is 34.0 Å². The summed E-state index contributed by atoms with van der Waals surface area (Å²) < 4.78 is 24.1. The number of halogens is 1. The van der Waals surface area contributed by atoms with E-state index in [2.05, 4.69) is 14.7 Å². The Kier molecular flexibility index (Phi) is 5.05. The fraction of sp³-hybridized carbons (Fsp3) is 0.100. The highest BCUT2D eigenvalue weighted by Gasteiger charge is 2.15. The molecule has 2 aromatic heterocycles. The van der Waals surface area contributed by atoms with Crippen molar-refractivity contribution in [2.75, 3.05) is 12.4 Å². The smallest absolute Gasteiger partial charge is 0.273 e. The third-order valence-corrected chi connectivity index (χ3v) is 5.08. The third-order valence-electron chi connectivity index (χ3n) is 4.25. The molecule has 0 radical (unpaired) electrons. The number of hydrogen-bond acceptors (Lipinski definition) is 6. The molecule has 146 valence electrons. The van der Waals surface area contributed by atoms with Crippen LogP contribution in [0.1, 0.15) is 0 Å². The van der Waals surface area contributed by atoms with E-state index in [0.717, 1.165) is 11.5 Å². The average molecular weight is 410 g/mol. The lowest BCUT2D eigenvalue weighted by atomic mass is 10.1. The molecule has 1 N–H and O–H groups in total. The van der Waals surface area contributed by atoms with Crippen molar-refractivity contribution in [1.29, 1.82) is 0 Å². The molecule has 2 heterocycles. The van der Waals surface area contributed by atoms with Crippen molar-refractivity contribution < 1.29 is 13.9 Å². The molecule has 9 heteroatoms. The number of carbonyl (C=O) groups is 1. The zero-order chi connectivity index (χ0) is 20.4. The first kappa shape index (κ1) is 18.8. The Morgan fingerprint density at radius 3 is 2.59 bits per heavy atom. The first-order valence-electron chi connectivity index (χ1n) is 8.60. The minimum atomic E-state index is -0.360. The van der Waals surface area contributed by atoms with Crippen LogP contribution in [-0.2, 0) is 11.3 Å². The molecule has 0 aliphatic heterocycles. The van der Waals surface area contributed by atoms with Crippen molar-refractivity contribution in [2.24, 2.45) is 0 Å². The van der Waals surface area contributed by atoms with Crippen molar-refractivity contribution in [3.8, 4) is 17.0 Å². The summed E-state index contributed by atoms with van der Waals surface area (Å²) >= 11 is 1.00. The largest absolute Gasteiger partial charge is 0.497 e. The normalized spacial score (nSPS) is 10.8. The molecule has 1 amide bonds. The number of benzene rings is 2. The standard InChI is InChI=1S/C20H15FN4O3S/c1-28-15-8-6-14(7-9-15)23-16(26)10-25-11-22-18-17(24-29-19(18)20(25)27)12-2-4-13(21)5-3-12/h2-9,11H,10H2,1H3,(H,23,26). The van der Waals surface area contributed by atoms with E-state index in [0.29, 0.717) is 32.9 Å². The summed E-state index contributed by atoms with van der Waals surface area (Å²) in [5.74, 6) is -0.0378. The number of hydrogen-bond donors (Lipinski definition) is 1. The summed E-state index contributed by atoms with van der Waals surface area (Å²) in [6, 6.07) is 12.7. The van der Waals surface area contributed by atoms with Gasteiger partial charge in [-0.15, -0.1) is 0 Å². The van der Waals surface area contributed by atoms with E-state index < -0.39 is 0 Å². The average Bonchev–Trinajstić information content (AvgIpc) is 3.16. The predicted molar refractivity (Wildman–Crippen MR) is 109 cm³/mol. The molecule has 0 saturated carbocycles. The van der Waals surface area contributed by atoms with Crippen LogP contribution in [0.2, 0.25) is 0 Å². The van der Waals surface area contributed by atoms with Gasteiger partial charge >= 0.3 is 0 Å². The van der Waals surface area contributed by atoms with Gasteiger partial charge < -0.3 is 10.1 Å². The number of rotatable bonds is 5. The van der Waals surface area contributed by atoms with Crippen LogP contribution in [0.3, 0.4) is 0 Å². The van der Waals surface area contributed by atoms with Gasteiger partial charge in [-0.3, -0.25) is 14.2 Å². The quantitative estimate of drug-likeness (QED) is 0.546. The zero-order valence-corrected chi connectivity index (χ0v) is 16.1. The highest BCUT2D eigenvalue weighted by Crippen LogP contribution is 2.27. The van der Waals surface area contributed by atoms with Gasteiger partial charge in [0.05, 0.1) is 13.4 Å². The Morgan fingerprint density at radius 2 is 1.90 bits per heavy atom. The molecular weight excluding hydrogens is 395 g/mol. The lowest BCUT2D eigenvalue weighted by Crippen LogP contribution is -2.27. The Balaban J connectivity index is 1.56. The van der Waals surface area contributed by atoms with Gasteiger partial charge in [-0.05, 0) is 60.1 Å². The maximum atomic E-state index is 13.1. The number of nitrogens with one attached hydrogen (secondary N) is 1. The van der Waals surface area contributed by atoms with Crippen molar-refractivity contribution in [3.63, 3.8) is 0 Å². The summed E-state index contributed by atoms with van der Waals surface area (Å²) in [7, 11) is 1.56. The fourth-order valence-electron chi connectivity index (χ4n) is 2.80. The SMILES string of the molecule is COc1ccc(NC(=O)Cn2cnc3c(-c4ccc(F)cc4)nsc3c2=O)cc1. The molecule has 0 unspecified atom stereocenters. The van der Waals surface area contributed by atoms with E-state index >= 15 is 0 Å². The van der Waals surface area contributed by atoms with Gasteiger partial charge in [-0.1, -0.05) is 0 Å². The van der Waals surface area contributed by atoms with Crippen LogP contribution in [-0.4, -0.2) is 26.9 Å². The number of carbonyl (C=O) groups excluding carboxylic acids is 1. The van der Waals surface area contributed by atoms with Crippen LogP contribution in [0.5, 0.6) is 5.75 Å². The van der Waals surface area contributed by atoms with Crippen LogP contribution in [0, 0.1) is 5.82 Å². The lowest BCUT2D eigenvalue weighted by molar-refractivity contribution is -0.116. The Bertz CT molecular complexity index is 1230. The maximum Gasteiger partial charge on any atom is 0.273 e. The topological polar surface area (TPSA) is 86.1 Å². The second-order valence-corrected chi connectivity index (χ2v) is 6.94. The first-order chi connectivity index (χ1) is 14.0. The Labute approximate surface area is 168 Å². The molecule has 2 aromatic carbocycles. The molecule has 0 fully saturated rings. The fourth-order valence-corrected chi connectivity index (χ4v) is 3.60. The Morgan fingerprint density at radius 1 is 1.17 bits per heavy atom. The third kappa shape index (κ3) is 3.85. The molecule has 0 aliphatic carbocycles. The molecule has 4 rings (SSSR count). The number of methoxy groups -OCH3 is 1. The Hall–Kier alpha value is -3.59. The van der Waals surface area contributed by atoms with Crippen LogP contribution < -0.4 is 15.6 Å². The maximum absolute atomic E-state index is 13.1. The molecule has 0 spiro atoms. The molecular formula is C20H15FN4O3S.